The summed E-state index contributed by atoms with van der Waals surface area (Å²) in [4.78, 5) is 16.3. The molecule has 0 saturated carbocycles. The number of carbonyl (C=O) groups is 1. The van der Waals surface area contributed by atoms with Gasteiger partial charge in [-0.25, -0.2) is 4.99 Å². The molecule has 1 aromatic rings. The summed E-state index contributed by atoms with van der Waals surface area (Å²) in [6.45, 7) is 4.50. The van der Waals surface area contributed by atoms with E-state index >= 15 is 0 Å². The number of hydrogen-bond donors (Lipinski definition) is 1. The van der Waals surface area contributed by atoms with Gasteiger partial charge in [-0.05, 0) is 31.9 Å². The van der Waals surface area contributed by atoms with Gasteiger partial charge in [-0.3, -0.25) is 10.1 Å². The molecule has 1 atom stereocenters. The van der Waals surface area contributed by atoms with Crippen molar-refractivity contribution in [2.24, 2.45) is 4.99 Å². The number of amides is 1. The predicted molar refractivity (Wildman–Crippen MR) is 79.9 cm³/mol. The summed E-state index contributed by atoms with van der Waals surface area (Å²) in [5.74, 6) is -0.189. The van der Waals surface area contributed by atoms with Crippen LogP contribution >= 0.6 is 0 Å². The number of rotatable bonds is 7. The van der Waals surface area contributed by atoms with E-state index in [4.69, 9.17) is 18.6 Å². The summed E-state index contributed by atoms with van der Waals surface area (Å²) in [6, 6.07) is 3.39. The normalized spacial score (nSPS) is 18.4. The average Bonchev–Trinajstić information content (AvgIpc) is 3.22. The molecule has 7 nitrogen and oxygen atoms in total. The summed E-state index contributed by atoms with van der Waals surface area (Å²) < 4.78 is 21.2. The van der Waals surface area contributed by atoms with Gasteiger partial charge >= 0.3 is 0 Å². The molecule has 0 radical (unpaired) electrons. The lowest BCUT2D eigenvalue weighted by Gasteiger charge is -2.11. The number of carbonyl (C=O) groups excluding carboxylic acids is 1. The molecule has 1 unspecified atom stereocenters. The molecule has 1 N–H and O–H groups in total. The molecule has 1 aromatic heterocycles. The van der Waals surface area contributed by atoms with Crippen LogP contribution in [0.5, 0.6) is 0 Å². The first kappa shape index (κ1) is 16.5. The molecule has 2 heterocycles. The highest BCUT2D eigenvalue weighted by atomic mass is 16.5. The SMILES string of the molecule is CCOCCOC(=NCC1CCCO1)NC(=O)c1ccco1. The van der Waals surface area contributed by atoms with E-state index in [1.165, 1.54) is 6.26 Å². The second-order valence-corrected chi connectivity index (χ2v) is 4.76. The van der Waals surface area contributed by atoms with Crippen molar-refractivity contribution >= 4 is 11.9 Å². The summed E-state index contributed by atoms with van der Waals surface area (Å²) in [7, 11) is 0. The Kier molecular flexibility index (Phi) is 6.92. The zero-order valence-electron chi connectivity index (χ0n) is 12.7. The molecule has 0 aliphatic carbocycles. The Morgan fingerprint density at radius 1 is 1.50 bits per heavy atom. The first-order valence-electron chi connectivity index (χ1n) is 7.51. The van der Waals surface area contributed by atoms with Gasteiger partial charge in [0.15, 0.2) is 5.76 Å². The van der Waals surface area contributed by atoms with Gasteiger partial charge in [-0.1, -0.05) is 0 Å². The number of hydrogen-bond acceptors (Lipinski definition) is 6. The third-order valence-corrected chi connectivity index (χ3v) is 3.10. The standard InChI is InChI=1S/C15H22N2O5/c1-2-19-9-10-22-15(16-11-12-5-3-7-20-12)17-14(18)13-6-4-8-21-13/h4,6,8,12H,2-3,5,7,9-11H2,1H3,(H,16,17,18). The smallest absolute Gasteiger partial charge is 0.294 e. The molecule has 0 spiro atoms. The largest absolute Gasteiger partial charge is 0.463 e. The van der Waals surface area contributed by atoms with Crippen LogP contribution < -0.4 is 5.32 Å². The number of furan rings is 1. The predicted octanol–water partition coefficient (Wildman–Crippen LogP) is 1.60. The highest BCUT2D eigenvalue weighted by Crippen LogP contribution is 2.12. The highest BCUT2D eigenvalue weighted by molar-refractivity contribution is 6.02. The monoisotopic (exact) mass is 310 g/mol. The molecule has 0 bridgehead atoms. The Labute approximate surface area is 129 Å². The van der Waals surface area contributed by atoms with E-state index < -0.39 is 5.91 Å². The fourth-order valence-corrected chi connectivity index (χ4v) is 2.00. The second-order valence-electron chi connectivity index (χ2n) is 4.76. The minimum absolute atomic E-state index is 0.0889. The van der Waals surface area contributed by atoms with Gasteiger partial charge in [-0.2, -0.15) is 0 Å². The zero-order valence-corrected chi connectivity index (χ0v) is 12.7. The maximum Gasteiger partial charge on any atom is 0.294 e. The summed E-state index contributed by atoms with van der Waals surface area (Å²) in [6.07, 6.45) is 3.54. The van der Waals surface area contributed by atoms with Crippen molar-refractivity contribution in [1.82, 2.24) is 5.32 Å². The van der Waals surface area contributed by atoms with Gasteiger partial charge < -0.3 is 18.6 Å². The van der Waals surface area contributed by atoms with Crippen LogP contribution in [0.3, 0.4) is 0 Å². The van der Waals surface area contributed by atoms with E-state index in [2.05, 4.69) is 10.3 Å². The van der Waals surface area contributed by atoms with Gasteiger partial charge in [0, 0.05) is 13.2 Å². The Morgan fingerprint density at radius 2 is 2.41 bits per heavy atom. The minimum atomic E-state index is -0.396. The molecule has 122 valence electrons. The molecule has 7 heteroatoms. The van der Waals surface area contributed by atoms with Crippen LogP contribution in [0, 0.1) is 0 Å². The van der Waals surface area contributed by atoms with Crippen molar-refractivity contribution in [3.8, 4) is 0 Å². The van der Waals surface area contributed by atoms with Gasteiger partial charge in [0.05, 0.1) is 25.5 Å². The van der Waals surface area contributed by atoms with E-state index in [0.29, 0.717) is 26.4 Å². The van der Waals surface area contributed by atoms with Crippen LogP contribution in [0.2, 0.25) is 0 Å². The average molecular weight is 310 g/mol. The Morgan fingerprint density at radius 3 is 3.09 bits per heavy atom. The van der Waals surface area contributed by atoms with Gasteiger partial charge in [0.1, 0.15) is 6.61 Å². The van der Waals surface area contributed by atoms with Gasteiger partial charge in [-0.15, -0.1) is 0 Å². The molecule has 1 amide bonds. The van der Waals surface area contributed by atoms with Crippen LogP contribution in [0.4, 0.5) is 0 Å². The quantitative estimate of drug-likeness (QED) is 0.470. The van der Waals surface area contributed by atoms with Crippen molar-refractivity contribution in [3.05, 3.63) is 24.2 Å². The molecule has 2 rings (SSSR count). The van der Waals surface area contributed by atoms with Gasteiger partial charge in [0.25, 0.3) is 11.9 Å². The lowest BCUT2D eigenvalue weighted by molar-refractivity contribution is 0.0894. The number of aliphatic imine (C=N–C) groups is 1. The number of amidine groups is 1. The second kappa shape index (κ2) is 9.22. The summed E-state index contributed by atoms with van der Waals surface area (Å²) >= 11 is 0. The van der Waals surface area contributed by atoms with Crippen LogP contribution in [-0.4, -0.2) is 51.0 Å². The Bertz CT molecular complexity index is 466. The molecular weight excluding hydrogens is 288 g/mol. The molecule has 1 aliphatic rings. The van der Waals surface area contributed by atoms with Crippen molar-refractivity contribution < 1.29 is 23.4 Å². The fourth-order valence-electron chi connectivity index (χ4n) is 2.00. The Balaban J connectivity index is 1.87. The Hall–Kier alpha value is -1.86. The van der Waals surface area contributed by atoms with E-state index in [1.807, 2.05) is 6.92 Å². The number of nitrogens with one attached hydrogen (secondary N) is 1. The van der Waals surface area contributed by atoms with Crippen LogP contribution in [0.15, 0.2) is 27.8 Å². The fraction of sp³-hybridized carbons (Fsp3) is 0.600. The van der Waals surface area contributed by atoms with E-state index in [1.54, 1.807) is 12.1 Å². The van der Waals surface area contributed by atoms with Crippen LogP contribution in [0.1, 0.15) is 30.3 Å². The third-order valence-electron chi connectivity index (χ3n) is 3.10. The highest BCUT2D eigenvalue weighted by Gasteiger charge is 2.17. The molecule has 0 aromatic carbocycles. The summed E-state index contributed by atoms with van der Waals surface area (Å²) in [5, 5.41) is 2.60. The molecular formula is C15H22N2O5. The first-order chi connectivity index (χ1) is 10.8. The van der Waals surface area contributed by atoms with Gasteiger partial charge in [0.2, 0.25) is 0 Å². The van der Waals surface area contributed by atoms with E-state index in [9.17, 15) is 4.79 Å². The lowest BCUT2D eigenvalue weighted by atomic mass is 10.2. The molecule has 1 fully saturated rings. The first-order valence-corrected chi connectivity index (χ1v) is 7.51. The molecule has 1 aliphatic heterocycles. The van der Waals surface area contributed by atoms with Crippen molar-refractivity contribution in [2.75, 3.05) is 33.0 Å². The minimum Gasteiger partial charge on any atom is -0.463 e. The third kappa shape index (κ3) is 5.50. The number of nitrogens with zero attached hydrogens (tertiary/aromatic N) is 1. The van der Waals surface area contributed by atoms with E-state index in [0.717, 1.165) is 19.4 Å². The lowest BCUT2D eigenvalue weighted by Crippen LogP contribution is -2.34. The maximum atomic E-state index is 12.0. The van der Waals surface area contributed by atoms with Crippen molar-refractivity contribution in [2.45, 2.75) is 25.9 Å². The summed E-state index contributed by atoms with van der Waals surface area (Å²) in [5.41, 5.74) is 0. The topological polar surface area (TPSA) is 82.3 Å². The number of ether oxygens (including phenoxy) is 3. The maximum absolute atomic E-state index is 12.0. The van der Waals surface area contributed by atoms with Crippen LogP contribution in [-0.2, 0) is 14.2 Å². The molecule has 22 heavy (non-hydrogen) atoms. The molecule has 1 saturated heterocycles. The zero-order chi connectivity index (χ0) is 15.6. The van der Waals surface area contributed by atoms with E-state index in [-0.39, 0.29) is 17.9 Å². The van der Waals surface area contributed by atoms with Crippen molar-refractivity contribution in [1.29, 1.82) is 0 Å². The van der Waals surface area contributed by atoms with Crippen LogP contribution in [0.25, 0.3) is 0 Å². The van der Waals surface area contributed by atoms with Crippen molar-refractivity contribution in [3.63, 3.8) is 0 Å².